The van der Waals surface area contributed by atoms with Gasteiger partial charge in [0, 0.05) is 25.3 Å². The van der Waals surface area contributed by atoms with Crippen LogP contribution >= 0.6 is 0 Å². The first-order chi connectivity index (χ1) is 7.74. The Hall–Kier alpha value is -0.960. The third-order valence-electron chi connectivity index (χ3n) is 3.96. The highest BCUT2D eigenvalue weighted by Crippen LogP contribution is 2.34. The zero-order valence-electron chi connectivity index (χ0n) is 10.1. The second kappa shape index (κ2) is 3.81. The van der Waals surface area contributed by atoms with Crippen LogP contribution in [0.4, 0.5) is 5.69 Å². The highest BCUT2D eigenvalue weighted by atomic mass is 15.2. The van der Waals surface area contributed by atoms with E-state index in [4.69, 9.17) is 5.73 Å². The highest BCUT2D eigenvalue weighted by Gasteiger charge is 2.23. The van der Waals surface area contributed by atoms with Crippen molar-refractivity contribution in [3.8, 4) is 0 Å². The van der Waals surface area contributed by atoms with Gasteiger partial charge < -0.3 is 10.3 Å². The van der Waals surface area contributed by atoms with Crippen LogP contribution in [0, 0.1) is 5.92 Å². The first-order valence-corrected chi connectivity index (χ1v) is 6.39. The zero-order chi connectivity index (χ0) is 11.1. The standard InChI is InChI=1S/C13H21N3/c1-15-6-7-16-11(5-4-10-2-3-10)8-12(14)13(16)9-15/h8,10H,2-7,9,14H2,1H3. The average Bonchev–Trinajstić information content (AvgIpc) is 3.03. The molecular weight excluding hydrogens is 198 g/mol. The second-order valence-electron chi connectivity index (χ2n) is 5.41. The van der Waals surface area contributed by atoms with Gasteiger partial charge in [-0.1, -0.05) is 12.8 Å². The molecule has 3 heteroatoms. The molecule has 1 fully saturated rings. The summed E-state index contributed by atoms with van der Waals surface area (Å²) in [5.41, 5.74) is 9.89. The fourth-order valence-electron chi connectivity index (χ4n) is 2.70. The van der Waals surface area contributed by atoms with Gasteiger partial charge in [0.05, 0.1) is 11.4 Å². The predicted octanol–water partition coefficient (Wildman–Crippen LogP) is 1.86. The number of aromatic nitrogens is 1. The van der Waals surface area contributed by atoms with Gasteiger partial charge in [0.1, 0.15) is 0 Å². The summed E-state index contributed by atoms with van der Waals surface area (Å²) in [5, 5.41) is 0. The third kappa shape index (κ3) is 1.84. The monoisotopic (exact) mass is 219 g/mol. The fourth-order valence-corrected chi connectivity index (χ4v) is 2.70. The van der Waals surface area contributed by atoms with Crippen molar-refractivity contribution in [2.24, 2.45) is 5.92 Å². The van der Waals surface area contributed by atoms with Crippen molar-refractivity contribution in [2.75, 3.05) is 19.3 Å². The lowest BCUT2D eigenvalue weighted by molar-refractivity contribution is 0.268. The maximum absolute atomic E-state index is 6.10. The molecule has 2 N–H and O–H groups in total. The molecule has 2 heterocycles. The number of rotatable bonds is 3. The minimum absolute atomic E-state index is 0.998. The van der Waals surface area contributed by atoms with Crippen LogP contribution in [0.1, 0.15) is 30.7 Å². The van der Waals surface area contributed by atoms with Crippen molar-refractivity contribution in [1.29, 1.82) is 0 Å². The Morgan fingerprint density at radius 2 is 2.19 bits per heavy atom. The summed E-state index contributed by atoms with van der Waals surface area (Å²) in [4.78, 5) is 2.34. The number of anilines is 1. The topological polar surface area (TPSA) is 34.2 Å². The van der Waals surface area contributed by atoms with Gasteiger partial charge in [-0.05, 0) is 31.9 Å². The smallest absolute Gasteiger partial charge is 0.0552 e. The summed E-state index contributed by atoms with van der Waals surface area (Å²) >= 11 is 0. The molecule has 0 bridgehead atoms. The second-order valence-corrected chi connectivity index (χ2v) is 5.41. The summed E-state index contributed by atoms with van der Waals surface area (Å²) in [6.45, 7) is 3.27. The summed E-state index contributed by atoms with van der Waals surface area (Å²) in [6, 6.07) is 2.21. The van der Waals surface area contributed by atoms with E-state index in [9.17, 15) is 0 Å². The Labute approximate surface area is 97.2 Å². The van der Waals surface area contributed by atoms with Gasteiger partial charge in [0.2, 0.25) is 0 Å². The van der Waals surface area contributed by atoms with Gasteiger partial charge in [0.25, 0.3) is 0 Å². The molecule has 16 heavy (non-hydrogen) atoms. The number of aryl methyl sites for hydroxylation is 1. The molecule has 0 radical (unpaired) electrons. The van der Waals surface area contributed by atoms with Crippen LogP contribution < -0.4 is 5.73 Å². The molecule has 88 valence electrons. The van der Waals surface area contributed by atoms with Crippen LogP contribution in [0.15, 0.2) is 6.07 Å². The molecule has 0 atom stereocenters. The lowest BCUT2D eigenvalue weighted by Crippen LogP contribution is -2.31. The number of nitrogen functional groups attached to an aromatic ring is 1. The Kier molecular flexibility index (Phi) is 2.43. The zero-order valence-corrected chi connectivity index (χ0v) is 10.1. The minimum Gasteiger partial charge on any atom is -0.397 e. The van der Waals surface area contributed by atoms with Gasteiger partial charge in [-0.2, -0.15) is 0 Å². The van der Waals surface area contributed by atoms with Crippen LogP contribution in [0.3, 0.4) is 0 Å². The van der Waals surface area contributed by atoms with Crippen molar-refractivity contribution in [3.63, 3.8) is 0 Å². The molecular formula is C13H21N3. The first kappa shape index (κ1) is 10.2. The molecule has 1 saturated carbocycles. The number of fused-ring (bicyclic) bond motifs is 1. The van der Waals surface area contributed by atoms with Crippen molar-refractivity contribution in [3.05, 3.63) is 17.5 Å². The first-order valence-electron chi connectivity index (χ1n) is 6.39. The van der Waals surface area contributed by atoms with Crippen molar-refractivity contribution < 1.29 is 0 Å². The lowest BCUT2D eigenvalue weighted by Gasteiger charge is -2.26. The quantitative estimate of drug-likeness (QED) is 0.842. The minimum atomic E-state index is 0.998. The van der Waals surface area contributed by atoms with Crippen molar-refractivity contribution >= 4 is 5.69 Å². The predicted molar refractivity (Wildman–Crippen MR) is 66.2 cm³/mol. The van der Waals surface area contributed by atoms with E-state index in [1.807, 2.05) is 0 Å². The number of hydrogen-bond donors (Lipinski definition) is 1. The van der Waals surface area contributed by atoms with E-state index < -0.39 is 0 Å². The van der Waals surface area contributed by atoms with Crippen molar-refractivity contribution in [2.45, 2.75) is 38.8 Å². The molecule has 0 spiro atoms. The molecule has 1 aliphatic carbocycles. The van der Waals surface area contributed by atoms with Gasteiger partial charge in [-0.25, -0.2) is 0 Å². The Morgan fingerprint density at radius 3 is 2.94 bits per heavy atom. The fraction of sp³-hybridized carbons (Fsp3) is 0.692. The van der Waals surface area contributed by atoms with E-state index in [2.05, 4.69) is 22.6 Å². The molecule has 3 nitrogen and oxygen atoms in total. The Morgan fingerprint density at radius 1 is 1.38 bits per heavy atom. The Balaban J connectivity index is 1.79. The van der Waals surface area contributed by atoms with E-state index in [1.54, 1.807) is 0 Å². The molecule has 0 unspecified atom stereocenters. The molecule has 1 aliphatic heterocycles. The maximum atomic E-state index is 6.10. The lowest BCUT2D eigenvalue weighted by atomic mass is 10.2. The van der Waals surface area contributed by atoms with E-state index in [0.717, 1.165) is 31.2 Å². The Bertz CT molecular complexity index is 390. The third-order valence-corrected chi connectivity index (χ3v) is 3.96. The molecule has 0 amide bonds. The normalized spacial score (nSPS) is 21.1. The van der Waals surface area contributed by atoms with Gasteiger partial charge in [-0.3, -0.25) is 4.90 Å². The molecule has 3 rings (SSSR count). The van der Waals surface area contributed by atoms with Crippen LogP contribution in [0.25, 0.3) is 0 Å². The summed E-state index contributed by atoms with van der Waals surface area (Å²) in [5.74, 6) is 1.01. The SMILES string of the molecule is CN1CCn2c(CCC3CC3)cc(N)c2C1. The van der Waals surface area contributed by atoms with Crippen LogP contribution in [-0.2, 0) is 19.5 Å². The molecule has 2 aliphatic rings. The molecule has 0 aromatic carbocycles. The molecule has 0 saturated heterocycles. The van der Waals surface area contributed by atoms with Crippen LogP contribution in [0.2, 0.25) is 0 Å². The van der Waals surface area contributed by atoms with E-state index >= 15 is 0 Å². The van der Waals surface area contributed by atoms with Gasteiger partial charge in [0.15, 0.2) is 0 Å². The average molecular weight is 219 g/mol. The number of nitrogens with two attached hydrogens (primary N) is 1. The van der Waals surface area contributed by atoms with Gasteiger partial charge >= 0.3 is 0 Å². The summed E-state index contributed by atoms with van der Waals surface area (Å²) in [7, 11) is 2.17. The largest absolute Gasteiger partial charge is 0.397 e. The number of nitrogens with zero attached hydrogens (tertiary/aromatic N) is 2. The van der Waals surface area contributed by atoms with E-state index in [-0.39, 0.29) is 0 Å². The number of likely N-dealkylation sites (N-methyl/N-ethyl adjacent to an activating group) is 1. The van der Waals surface area contributed by atoms with E-state index in [1.165, 1.54) is 37.1 Å². The number of hydrogen-bond acceptors (Lipinski definition) is 2. The highest BCUT2D eigenvalue weighted by molar-refractivity contribution is 5.48. The van der Waals surface area contributed by atoms with Crippen molar-refractivity contribution in [1.82, 2.24) is 9.47 Å². The molecule has 1 aromatic rings. The van der Waals surface area contributed by atoms with Gasteiger partial charge in [-0.15, -0.1) is 0 Å². The summed E-state index contributed by atoms with van der Waals surface area (Å²) in [6.07, 6.45) is 5.48. The van der Waals surface area contributed by atoms with Crippen LogP contribution in [0.5, 0.6) is 0 Å². The summed E-state index contributed by atoms with van der Waals surface area (Å²) < 4.78 is 2.46. The van der Waals surface area contributed by atoms with E-state index in [0.29, 0.717) is 0 Å². The maximum Gasteiger partial charge on any atom is 0.0552 e. The van der Waals surface area contributed by atoms with Crippen LogP contribution in [-0.4, -0.2) is 23.1 Å². The molecule has 1 aromatic heterocycles.